The average molecular weight is 363 g/mol. The van der Waals surface area contributed by atoms with E-state index in [9.17, 15) is 10.1 Å². The largest absolute Gasteiger partial charge is 0.283 e. The Morgan fingerprint density at radius 1 is 1.24 bits per heavy atom. The van der Waals surface area contributed by atoms with E-state index >= 15 is 0 Å². The molecule has 6 heteroatoms. The van der Waals surface area contributed by atoms with Crippen molar-refractivity contribution in [2.75, 3.05) is 0 Å². The number of aliphatic imine (C=N–C) groups is 1. The summed E-state index contributed by atoms with van der Waals surface area (Å²) in [7, 11) is 0. The van der Waals surface area contributed by atoms with Gasteiger partial charge in [-0.2, -0.15) is 0 Å². The fraction of sp³-hybridized carbons (Fsp3) is 0.133. The van der Waals surface area contributed by atoms with Crippen LogP contribution in [0.2, 0.25) is 0 Å². The van der Waals surface area contributed by atoms with Crippen LogP contribution in [0.1, 0.15) is 18.4 Å². The van der Waals surface area contributed by atoms with Crippen molar-refractivity contribution in [3.8, 4) is 0 Å². The predicted molar refractivity (Wildman–Crippen MR) is 88.6 cm³/mol. The lowest BCUT2D eigenvalue weighted by atomic mass is 10.0. The molecule has 0 spiro atoms. The van der Waals surface area contributed by atoms with Crippen molar-refractivity contribution in [3.05, 3.63) is 62.6 Å². The molecule has 0 aromatic heterocycles. The number of rotatable bonds is 2. The Morgan fingerprint density at radius 2 is 2.00 bits per heavy atom. The van der Waals surface area contributed by atoms with Crippen LogP contribution in [0.15, 0.2) is 56.8 Å². The Bertz CT molecular complexity index is 761. The van der Waals surface area contributed by atoms with Crippen LogP contribution >= 0.6 is 27.7 Å². The Labute approximate surface area is 134 Å². The minimum Gasteiger partial charge on any atom is -0.258 e. The zero-order valence-corrected chi connectivity index (χ0v) is 13.5. The van der Waals surface area contributed by atoms with E-state index < -0.39 is 0 Å². The molecule has 2 aromatic carbocycles. The molecule has 1 aliphatic rings. The fourth-order valence-electron chi connectivity index (χ4n) is 2.26. The van der Waals surface area contributed by atoms with Crippen molar-refractivity contribution in [2.45, 2.75) is 17.7 Å². The third kappa shape index (κ3) is 2.61. The summed E-state index contributed by atoms with van der Waals surface area (Å²) in [6, 6.07) is 12.7. The van der Waals surface area contributed by atoms with E-state index in [1.54, 1.807) is 18.2 Å². The van der Waals surface area contributed by atoms with Gasteiger partial charge in [0.15, 0.2) is 0 Å². The number of thioether (sulfide) groups is 1. The van der Waals surface area contributed by atoms with Crippen LogP contribution in [0.4, 0.5) is 11.4 Å². The van der Waals surface area contributed by atoms with Crippen LogP contribution in [0.5, 0.6) is 0 Å². The van der Waals surface area contributed by atoms with E-state index in [2.05, 4.69) is 27.8 Å². The van der Waals surface area contributed by atoms with Crippen LogP contribution in [0, 0.1) is 10.1 Å². The van der Waals surface area contributed by atoms with Gasteiger partial charge in [-0.15, -0.1) is 0 Å². The molecule has 0 fully saturated rings. The molecule has 1 atom stereocenters. The van der Waals surface area contributed by atoms with Crippen molar-refractivity contribution in [1.29, 1.82) is 0 Å². The first-order chi connectivity index (χ1) is 10.1. The fourth-order valence-corrected chi connectivity index (χ4v) is 3.79. The molecule has 2 aromatic rings. The highest BCUT2D eigenvalue weighted by Crippen LogP contribution is 2.45. The first-order valence-electron chi connectivity index (χ1n) is 6.36. The first kappa shape index (κ1) is 14.3. The summed E-state index contributed by atoms with van der Waals surface area (Å²) in [5.41, 5.74) is 2.18. The number of nitrogens with zero attached hydrogens (tertiary/aromatic N) is 2. The molecule has 0 bridgehead atoms. The predicted octanol–water partition coefficient (Wildman–Crippen LogP) is 5.30. The van der Waals surface area contributed by atoms with Crippen LogP contribution < -0.4 is 0 Å². The molecule has 1 unspecified atom stereocenters. The molecule has 106 valence electrons. The lowest BCUT2D eigenvalue weighted by molar-refractivity contribution is -0.387. The van der Waals surface area contributed by atoms with Crippen LogP contribution in [-0.2, 0) is 0 Å². The molecule has 0 aliphatic carbocycles. The summed E-state index contributed by atoms with van der Waals surface area (Å²) in [5, 5.41) is 12.0. The first-order valence-corrected chi connectivity index (χ1v) is 7.97. The van der Waals surface area contributed by atoms with Gasteiger partial charge in [-0.05, 0) is 33.6 Å². The van der Waals surface area contributed by atoms with Gasteiger partial charge in [-0.1, -0.05) is 43.0 Å². The number of hydrogen-bond acceptors (Lipinski definition) is 4. The van der Waals surface area contributed by atoms with Crippen molar-refractivity contribution in [1.82, 2.24) is 0 Å². The van der Waals surface area contributed by atoms with Gasteiger partial charge in [0.2, 0.25) is 0 Å². The summed E-state index contributed by atoms with van der Waals surface area (Å²) < 4.78 is 0.949. The topological polar surface area (TPSA) is 55.5 Å². The van der Waals surface area contributed by atoms with Gasteiger partial charge in [0, 0.05) is 16.5 Å². The average Bonchev–Trinajstić information content (AvgIpc) is 2.78. The Kier molecular flexibility index (Phi) is 3.82. The minimum atomic E-state index is -0.356. The number of nitro groups is 1. The lowest BCUT2D eigenvalue weighted by Crippen LogP contribution is -2.00. The minimum absolute atomic E-state index is 0.118. The van der Waals surface area contributed by atoms with Gasteiger partial charge in [0.1, 0.15) is 0 Å². The van der Waals surface area contributed by atoms with E-state index in [1.165, 1.54) is 17.8 Å². The van der Waals surface area contributed by atoms with Gasteiger partial charge in [0.05, 0.1) is 20.5 Å². The molecule has 0 radical (unpaired) electrons. The summed E-state index contributed by atoms with van der Waals surface area (Å²) in [5.74, 6) is 0.141. The molecule has 1 aliphatic heterocycles. The number of halogens is 1. The van der Waals surface area contributed by atoms with E-state index in [1.807, 2.05) is 18.2 Å². The Balaban J connectivity index is 1.96. The molecule has 21 heavy (non-hydrogen) atoms. The third-order valence-electron chi connectivity index (χ3n) is 3.35. The van der Waals surface area contributed by atoms with Gasteiger partial charge in [-0.3, -0.25) is 10.1 Å². The maximum atomic E-state index is 11.1. The molecular formula is C15H11BrN2O2S. The lowest BCUT2D eigenvalue weighted by Gasteiger charge is -2.08. The van der Waals surface area contributed by atoms with Crippen LogP contribution in [-0.4, -0.2) is 9.97 Å². The maximum absolute atomic E-state index is 11.1. The summed E-state index contributed by atoms with van der Waals surface area (Å²) in [6.45, 7) is 2.07. The quantitative estimate of drug-likeness (QED) is 0.538. The number of nitro benzene ring substituents is 1. The van der Waals surface area contributed by atoms with Gasteiger partial charge in [-0.25, -0.2) is 4.99 Å². The van der Waals surface area contributed by atoms with E-state index in [0.29, 0.717) is 4.90 Å². The van der Waals surface area contributed by atoms with Crippen molar-refractivity contribution in [2.24, 2.45) is 4.99 Å². The summed E-state index contributed by atoms with van der Waals surface area (Å²) in [4.78, 5) is 16.0. The van der Waals surface area contributed by atoms with Gasteiger partial charge < -0.3 is 0 Å². The second-order valence-electron chi connectivity index (χ2n) is 4.68. The molecule has 0 saturated carbocycles. The Morgan fingerprint density at radius 3 is 2.71 bits per heavy atom. The normalized spacial score (nSPS) is 16.5. The van der Waals surface area contributed by atoms with E-state index in [4.69, 9.17) is 0 Å². The molecule has 1 heterocycles. The molecular weight excluding hydrogens is 352 g/mol. The number of fused-ring (bicyclic) bond motifs is 1. The van der Waals surface area contributed by atoms with Crippen molar-refractivity contribution < 1.29 is 4.92 Å². The highest BCUT2D eigenvalue weighted by molar-refractivity contribution is 9.10. The van der Waals surface area contributed by atoms with Gasteiger partial charge in [0.25, 0.3) is 5.69 Å². The molecule has 3 rings (SSSR count). The second-order valence-corrected chi connectivity index (χ2v) is 6.59. The van der Waals surface area contributed by atoms with Crippen molar-refractivity contribution >= 4 is 44.1 Å². The second kappa shape index (κ2) is 5.61. The zero-order valence-electron chi connectivity index (χ0n) is 11.1. The maximum Gasteiger partial charge on any atom is 0.283 e. The SMILES string of the molecule is CC1C(Sc2ccccc2[N+](=O)[O-])=Nc2c(Br)cccc21. The number of benzene rings is 2. The molecule has 0 amide bonds. The summed E-state index contributed by atoms with van der Waals surface area (Å²) >= 11 is 4.87. The highest BCUT2D eigenvalue weighted by atomic mass is 79.9. The summed E-state index contributed by atoms with van der Waals surface area (Å²) in [6.07, 6.45) is 0. The van der Waals surface area contributed by atoms with Crippen molar-refractivity contribution in [3.63, 3.8) is 0 Å². The number of para-hydroxylation sites is 2. The Hall–Kier alpha value is -1.66. The molecule has 4 nitrogen and oxygen atoms in total. The molecule has 0 N–H and O–H groups in total. The van der Waals surface area contributed by atoms with Crippen LogP contribution in [0.25, 0.3) is 0 Å². The van der Waals surface area contributed by atoms with E-state index in [0.717, 1.165) is 20.8 Å². The molecule has 0 saturated heterocycles. The smallest absolute Gasteiger partial charge is 0.258 e. The monoisotopic (exact) mass is 362 g/mol. The van der Waals surface area contributed by atoms with Gasteiger partial charge >= 0.3 is 0 Å². The van der Waals surface area contributed by atoms with Crippen LogP contribution in [0.3, 0.4) is 0 Å². The third-order valence-corrected chi connectivity index (χ3v) is 5.21. The van der Waals surface area contributed by atoms with E-state index in [-0.39, 0.29) is 16.5 Å². The number of hydrogen-bond donors (Lipinski definition) is 0. The highest BCUT2D eigenvalue weighted by Gasteiger charge is 2.27. The zero-order chi connectivity index (χ0) is 15.0. The standard InChI is InChI=1S/C15H11BrN2O2S/c1-9-10-5-4-6-11(16)14(10)17-15(9)21-13-8-3-2-7-12(13)18(19)20/h2-9H,1H3.